The molecule has 0 saturated carbocycles. The Balaban J connectivity index is 1.23. The number of rotatable bonds is 4. The van der Waals surface area contributed by atoms with Crippen LogP contribution in [0.4, 0.5) is 0 Å². The van der Waals surface area contributed by atoms with Crippen molar-refractivity contribution in [2.24, 2.45) is 0 Å². The summed E-state index contributed by atoms with van der Waals surface area (Å²) in [6, 6.07) is 33.4. The molecule has 5 heteroatoms. The molecule has 0 saturated heterocycles. The van der Waals surface area contributed by atoms with Crippen LogP contribution in [0, 0.1) is 5.41 Å². The number of dihydropyridines is 1. The summed E-state index contributed by atoms with van der Waals surface area (Å²) in [6.45, 7) is 0. The van der Waals surface area contributed by atoms with Gasteiger partial charge in [-0.15, -0.1) is 0 Å². The maximum atomic E-state index is 8.32. The van der Waals surface area contributed by atoms with E-state index >= 15 is 0 Å². The molecule has 3 aromatic carbocycles. The van der Waals surface area contributed by atoms with Gasteiger partial charge in [-0.05, 0) is 59.2 Å². The van der Waals surface area contributed by atoms with Crippen molar-refractivity contribution in [2.45, 2.75) is 0 Å². The zero-order chi connectivity index (χ0) is 30.2. The van der Waals surface area contributed by atoms with Gasteiger partial charge in [-0.3, -0.25) is 9.97 Å². The van der Waals surface area contributed by atoms with Crippen molar-refractivity contribution in [1.29, 1.82) is 5.41 Å². The summed E-state index contributed by atoms with van der Waals surface area (Å²) in [7, 11) is 0. The van der Waals surface area contributed by atoms with Crippen LogP contribution in [-0.2, 0) is 0 Å². The molecule has 0 atom stereocenters. The minimum atomic E-state index is 0.494. The van der Waals surface area contributed by atoms with E-state index in [-0.39, 0.29) is 0 Å². The molecule has 1 aliphatic heterocycles. The second kappa shape index (κ2) is 11.1. The van der Waals surface area contributed by atoms with E-state index in [1.165, 1.54) is 0 Å². The van der Waals surface area contributed by atoms with E-state index in [4.69, 9.17) is 20.4 Å². The maximum Gasteiger partial charge on any atom is 0.0795 e. The molecular formula is C40H27N5. The fraction of sp³-hybridized carbons (Fsp3) is 0. The Labute approximate surface area is 260 Å². The van der Waals surface area contributed by atoms with Crippen LogP contribution in [0.5, 0.6) is 0 Å². The predicted molar refractivity (Wildman–Crippen MR) is 184 cm³/mol. The molecule has 0 fully saturated rings. The van der Waals surface area contributed by atoms with Crippen molar-refractivity contribution >= 4 is 33.2 Å². The van der Waals surface area contributed by atoms with Gasteiger partial charge >= 0.3 is 0 Å². The first kappa shape index (κ1) is 26.4. The lowest BCUT2D eigenvalue weighted by atomic mass is 9.96. The summed E-state index contributed by atoms with van der Waals surface area (Å²) < 4.78 is 0. The number of hydrogen-bond acceptors (Lipinski definition) is 5. The molecule has 0 spiro atoms. The summed E-state index contributed by atoms with van der Waals surface area (Å²) in [5, 5.41) is 14.0. The number of pyridine rings is 3. The fourth-order valence-electron chi connectivity index (χ4n) is 5.95. The fourth-order valence-corrected chi connectivity index (χ4v) is 5.95. The van der Waals surface area contributed by atoms with E-state index in [9.17, 15) is 0 Å². The number of nitrogens with zero attached hydrogens (tertiary/aromatic N) is 3. The van der Waals surface area contributed by atoms with E-state index in [2.05, 4.69) is 96.3 Å². The molecular weight excluding hydrogens is 550 g/mol. The molecule has 2 N–H and O–H groups in total. The third-order valence-corrected chi connectivity index (χ3v) is 8.18. The third-order valence-electron chi connectivity index (χ3n) is 8.18. The topological polar surface area (TPSA) is 74.5 Å². The van der Waals surface area contributed by atoms with Gasteiger partial charge in [-0.2, -0.15) is 0 Å². The lowest BCUT2D eigenvalue weighted by molar-refractivity contribution is 1.11. The van der Waals surface area contributed by atoms with Gasteiger partial charge in [0.05, 0.1) is 28.1 Å². The highest BCUT2D eigenvalue weighted by atomic mass is 14.9. The highest BCUT2D eigenvalue weighted by Crippen LogP contribution is 2.35. The van der Waals surface area contributed by atoms with Crippen LogP contribution in [0.1, 0.15) is 5.56 Å². The first-order valence-corrected chi connectivity index (χ1v) is 14.9. The van der Waals surface area contributed by atoms with Gasteiger partial charge in [0.2, 0.25) is 0 Å². The normalized spacial score (nSPS) is 15.8. The van der Waals surface area contributed by atoms with E-state index in [1.54, 1.807) is 0 Å². The molecule has 0 unspecified atom stereocenters. The van der Waals surface area contributed by atoms with Gasteiger partial charge in [-0.1, -0.05) is 97.1 Å². The number of nitrogens with one attached hydrogen (secondary N) is 2. The molecule has 6 aromatic rings. The quantitative estimate of drug-likeness (QED) is 0.219. The Morgan fingerprint density at radius 2 is 1.16 bits per heavy atom. The van der Waals surface area contributed by atoms with Gasteiger partial charge in [0, 0.05) is 51.3 Å². The standard InChI is InChI=1S/C40H27N5/c41-34-15-2-1-12-31(34)36-17-5-16-35(44-36)27-20-18-26(19-21-27)30-24-37(32-13-3-8-28-10-6-22-42-39(28)32)45-38(25-30)33-14-4-9-29-11-7-23-43-40(29)33/h1-25,41,44H/b36-31-,41-34?. The van der Waals surface area contributed by atoms with E-state index in [0.717, 1.165) is 78.0 Å². The lowest BCUT2D eigenvalue weighted by Crippen LogP contribution is -2.17. The van der Waals surface area contributed by atoms with Crippen LogP contribution in [0.2, 0.25) is 0 Å². The summed E-state index contributed by atoms with van der Waals surface area (Å²) in [6.07, 6.45) is 17.4. The monoisotopic (exact) mass is 577 g/mol. The second-order valence-electron chi connectivity index (χ2n) is 11.0. The average Bonchev–Trinajstić information content (AvgIpc) is 3.11. The Hall–Kier alpha value is -6.20. The van der Waals surface area contributed by atoms with Crippen LogP contribution >= 0.6 is 0 Å². The first-order valence-electron chi connectivity index (χ1n) is 14.9. The zero-order valence-corrected chi connectivity index (χ0v) is 24.3. The van der Waals surface area contributed by atoms with Crippen LogP contribution in [0.15, 0.2) is 163 Å². The van der Waals surface area contributed by atoms with Gasteiger partial charge in [0.1, 0.15) is 0 Å². The highest BCUT2D eigenvalue weighted by Gasteiger charge is 2.16. The maximum absolute atomic E-state index is 8.32. The number of allylic oxidation sites excluding steroid dienone is 8. The van der Waals surface area contributed by atoms with Crippen molar-refractivity contribution in [1.82, 2.24) is 20.3 Å². The Kier molecular flexibility index (Phi) is 6.54. The summed E-state index contributed by atoms with van der Waals surface area (Å²) >= 11 is 0. The van der Waals surface area contributed by atoms with Crippen LogP contribution in [0.3, 0.4) is 0 Å². The number of aromatic nitrogens is 3. The molecule has 45 heavy (non-hydrogen) atoms. The average molecular weight is 578 g/mol. The third kappa shape index (κ3) is 4.96. The molecule has 5 nitrogen and oxygen atoms in total. The van der Waals surface area contributed by atoms with Crippen LogP contribution in [-0.4, -0.2) is 20.7 Å². The minimum absolute atomic E-state index is 0.494. The smallest absolute Gasteiger partial charge is 0.0795 e. The Morgan fingerprint density at radius 1 is 0.556 bits per heavy atom. The molecule has 4 heterocycles. The molecule has 0 amide bonds. The molecule has 3 aromatic heterocycles. The number of fused-ring (bicyclic) bond motifs is 2. The number of para-hydroxylation sites is 2. The summed E-state index contributed by atoms with van der Waals surface area (Å²) in [5.41, 5.74) is 12.0. The largest absolute Gasteiger partial charge is 0.354 e. The van der Waals surface area contributed by atoms with Crippen molar-refractivity contribution in [3.05, 3.63) is 169 Å². The van der Waals surface area contributed by atoms with Gasteiger partial charge < -0.3 is 10.7 Å². The van der Waals surface area contributed by atoms with Crippen molar-refractivity contribution in [2.75, 3.05) is 0 Å². The van der Waals surface area contributed by atoms with Crippen LogP contribution < -0.4 is 5.32 Å². The number of hydrogen-bond donors (Lipinski definition) is 2. The number of benzene rings is 3. The zero-order valence-electron chi connectivity index (χ0n) is 24.3. The van der Waals surface area contributed by atoms with E-state index in [0.29, 0.717) is 5.71 Å². The van der Waals surface area contributed by atoms with Gasteiger partial charge in [0.25, 0.3) is 0 Å². The molecule has 8 rings (SSSR count). The van der Waals surface area contributed by atoms with Gasteiger partial charge in [-0.25, -0.2) is 4.98 Å². The molecule has 2 aliphatic rings. The first-order chi connectivity index (χ1) is 22.2. The van der Waals surface area contributed by atoms with Crippen molar-refractivity contribution in [3.63, 3.8) is 0 Å². The molecule has 0 radical (unpaired) electrons. The molecule has 212 valence electrons. The second-order valence-corrected chi connectivity index (χ2v) is 11.0. The molecule has 1 aliphatic carbocycles. The Morgan fingerprint density at radius 3 is 1.80 bits per heavy atom. The van der Waals surface area contributed by atoms with E-state index < -0.39 is 0 Å². The van der Waals surface area contributed by atoms with Crippen molar-refractivity contribution < 1.29 is 0 Å². The van der Waals surface area contributed by atoms with E-state index in [1.807, 2.05) is 61.0 Å². The Bertz CT molecular complexity index is 2190. The van der Waals surface area contributed by atoms with Crippen molar-refractivity contribution in [3.8, 4) is 33.6 Å². The minimum Gasteiger partial charge on any atom is -0.354 e. The summed E-state index contributed by atoms with van der Waals surface area (Å²) in [4.78, 5) is 14.7. The SMILES string of the molecule is N=C1C=CC=C/C1=C1\C=CC=C(c2ccc(-c3cc(-c4cccc5cccnc45)nc(-c4cccc5cccnc45)c3)cc2)N1. The van der Waals surface area contributed by atoms with Gasteiger partial charge in [0.15, 0.2) is 0 Å². The molecule has 0 bridgehead atoms. The van der Waals surface area contributed by atoms with Crippen LogP contribution in [0.25, 0.3) is 61.1 Å². The summed E-state index contributed by atoms with van der Waals surface area (Å²) in [5.74, 6) is 0. The highest BCUT2D eigenvalue weighted by molar-refractivity contribution is 6.10. The predicted octanol–water partition coefficient (Wildman–Crippen LogP) is 9.08. The lowest BCUT2D eigenvalue weighted by Gasteiger charge is -2.19.